The van der Waals surface area contributed by atoms with Crippen molar-refractivity contribution in [1.82, 2.24) is 13.9 Å². The highest BCUT2D eigenvalue weighted by atomic mass is 35.5. The third-order valence-corrected chi connectivity index (χ3v) is 10.8. The van der Waals surface area contributed by atoms with Gasteiger partial charge in [-0.15, -0.1) is 0 Å². The highest BCUT2D eigenvalue weighted by Crippen LogP contribution is 2.28. The number of hydrogen-bond donors (Lipinski definition) is 1. The van der Waals surface area contributed by atoms with E-state index in [0.717, 1.165) is 25.7 Å². The summed E-state index contributed by atoms with van der Waals surface area (Å²) in [4.78, 5) is 12.8. The molecule has 208 valence electrons. The molecule has 2 heterocycles. The Bertz CT molecular complexity index is 1320. The van der Waals surface area contributed by atoms with Crippen LogP contribution in [0, 0.1) is 0 Å². The summed E-state index contributed by atoms with van der Waals surface area (Å²) >= 11 is 6.22. The lowest BCUT2D eigenvalue weighted by Gasteiger charge is -2.26. The number of carbonyl (C=O) groups excluding carboxylic acids is 1. The van der Waals surface area contributed by atoms with Gasteiger partial charge in [0.1, 0.15) is 17.3 Å². The standard InChI is InChI=1S/C25H32ClN3O7S2/c26-23-10-5-20(19-24(23)38(33,34)28-12-3-1-2-4-13-28)25(30)27-11-16-36-21-6-8-22(9-7-21)37(31,32)29-14-17-35-18-15-29/h5-10,19H,1-4,11-18H2,(H,27,30). The molecule has 0 saturated carbocycles. The normalized spacial score (nSPS) is 18.0. The van der Waals surface area contributed by atoms with Crippen LogP contribution in [-0.4, -0.2) is 83.9 Å². The van der Waals surface area contributed by atoms with E-state index in [1.165, 1.54) is 38.9 Å². The molecule has 0 aromatic heterocycles. The molecule has 2 aromatic rings. The van der Waals surface area contributed by atoms with Crippen molar-refractivity contribution < 1.29 is 31.1 Å². The fourth-order valence-electron chi connectivity index (χ4n) is 4.34. The molecule has 13 heteroatoms. The average Bonchev–Trinajstić information content (AvgIpc) is 3.22. The summed E-state index contributed by atoms with van der Waals surface area (Å²) in [5.41, 5.74) is 0.181. The van der Waals surface area contributed by atoms with Crippen LogP contribution in [0.15, 0.2) is 52.3 Å². The number of sulfonamides is 2. The number of ether oxygens (including phenoxy) is 2. The molecular formula is C25H32ClN3O7S2. The van der Waals surface area contributed by atoms with E-state index >= 15 is 0 Å². The van der Waals surface area contributed by atoms with E-state index < -0.39 is 26.0 Å². The third kappa shape index (κ3) is 6.85. The van der Waals surface area contributed by atoms with Crippen LogP contribution in [0.2, 0.25) is 5.02 Å². The number of morpholine rings is 1. The Morgan fingerprint density at radius 1 is 0.868 bits per heavy atom. The van der Waals surface area contributed by atoms with Gasteiger partial charge in [0.15, 0.2) is 0 Å². The Kier molecular flexibility index (Phi) is 9.66. The van der Waals surface area contributed by atoms with Crippen LogP contribution in [-0.2, 0) is 24.8 Å². The van der Waals surface area contributed by atoms with Crippen molar-refractivity contribution >= 4 is 37.6 Å². The highest BCUT2D eigenvalue weighted by molar-refractivity contribution is 7.89. The summed E-state index contributed by atoms with van der Waals surface area (Å²) in [5.74, 6) is 0.00188. The van der Waals surface area contributed by atoms with Gasteiger partial charge in [-0.25, -0.2) is 16.8 Å². The molecule has 2 fully saturated rings. The van der Waals surface area contributed by atoms with E-state index in [-0.39, 0.29) is 33.5 Å². The fraction of sp³-hybridized carbons (Fsp3) is 0.480. The number of halogens is 1. The minimum absolute atomic E-state index is 0.0721. The molecule has 0 spiro atoms. The smallest absolute Gasteiger partial charge is 0.251 e. The average molecular weight is 586 g/mol. The van der Waals surface area contributed by atoms with Gasteiger partial charge in [-0.2, -0.15) is 8.61 Å². The maximum absolute atomic E-state index is 13.2. The van der Waals surface area contributed by atoms with Crippen LogP contribution in [0.1, 0.15) is 36.0 Å². The molecule has 2 aliphatic rings. The molecule has 1 amide bonds. The SMILES string of the molecule is O=C(NCCOc1ccc(S(=O)(=O)N2CCOCC2)cc1)c1ccc(Cl)c(S(=O)(=O)N2CCCCCC2)c1. The first kappa shape index (κ1) is 28.8. The zero-order valence-electron chi connectivity index (χ0n) is 21.0. The molecule has 0 radical (unpaired) electrons. The second kappa shape index (κ2) is 12.8. The Morgan fingerprint density at radius 2 is 1.50 bits per heavy atom. The van der Waals surface area contributed by atoms with Crippen LogP contribution >= 0.6 is 11.6 Å². The quantitative estimate of drug-likeness (QED) is 0.449. The number of nitrogens with one attached hydrogen (secondary N) is 1. The second-order valence-corrected chi connectivity index (χ2v) is 13.3. The Balaban J connectivity index is 1.31. The zero-order chi connectivity index (χ0) is 27.2. The second-order valence-electron chi connectivity index (χ2n) is 9.06. The van der Waals surface area contributed by atoms with Gasteiger partial charge in [0.2, 0.25) is 20.0 Å². The molecule has 10 nitrogen and oxygen atoms in total. The van der Waals surface area contributed by atoms with Gasteiger partial charge >= 0.3 is 0 Å². The summed E-state index contributed by atoms with van der Waals surface area (Å²) in [5, 5.41) is 2.78. The van der Waals surface area contributed by atoms with Gasteiger partial charge in [0, 0.05) is 31.7 Å². The Morgan fingerprint density at radius 3 is 2.16 bits per heavy atom. The first-order chi connectivity index (χ1) is 18.2. The predicted molar refractivity (Wildman–Crippen MR) is 143 cm³/mol. The topological polar surface area (TPSA) is 122 Å². The zero-order valence-corrected chi connectivity index (χ0v) is 23.4. The first-order valence-corrected chi connectivity index (χ1v) is 15.8. The van der Waals surface area contributed by atoms with Crippen molar-refractivity contribution in [3.8, 4) is 5.75 Å². The van der Waals surface area contributed by atoms with Crippen LogP contribution in [0.3, 0.4) is 0 Å². The van der Waals surface area contributed by atoms with Crippen LogP contribution in [0.25, 0.3) is 0 Å². The van der Waals surface area contributed by atoms with E-state index in [2.05, 4.69) is 5.32 Å². The van der Waals surface area contributed by atoms with E-state index in [1.54, 1.807) is 12.1 Å². The molecule has 2 aromatic carbocycles. The largest absolute Gasteiger partial charge is 0.492 e. The summed E-state index contributed by atoms with van der Waals surface area (Å²) in [7, 11) is -7.40. The van der Waals surface area contributed by atoms with Crippen LogP contribution in [0.4, 0.5) is 0 Å². The lowest BCUT2D eigenvalue weighted by Crippen LogP contribution is -2.40. The number of carbonyl (C=O) groups is 1. The summed E-state index contributed by atoms with van der Waals surface area (Å²) < 4.78 is 65.4. The van der Waals surface area contributed by atoms with Crippen molar-refractivity contribution in [3.05, 3.63) is 53.1 Å². The molecule has 0 bridgehead atoms. The molecule has 4 rings (SSSR count). The summed E-state index contributed by atoms with van der Waals surface area (Å²) in [6, 6.07) is 10.3. The number of nitrogens with zero attached hydrogens (tertiary/aromatic N) is 2. The van der Waals surface area contributed by atoms with Gasteiger partial charge < -0.3 is 14.8 Å². The Hall–Kier alpha value is -2.22. The van der Waals surface area contributed by atoms with E-state index in [4.69, 9.17) is 21.1 Å². The molecule has 2 saturated heterocycles. The number of hydrogen-bond acceptors (Lipinski definition) is 7. The minimum atomic E-state index is -3.81. The first-order valence-electron chi connectivity index (χ1n) is 12.6. The van der Waals surface area contributed by atoms with Crippen molar-refractivity contribution in [2.45, 2.75) is 35.5 Å². The Labute approximate surface area is 229 Å². The molecule has 0 aliphatic carbocycles. The molecule has 2 aliphatic heterocycles. The molecular weight excluding hydrogens is 554 g/mol. The lowest BCUT2D eigenvalue weighted by atomic mass is 10.2. The van der Waals surface area contributed by atoms with Crippen LogP contribution in [0.5, 0.6) is 5.75 Å². The highest BCUT2D eigenvalue weighted by Gasteiger charge is 2.28. The van der Waals surface area contributed by atoms with E-state index in [9.17, 15) is 21.6 Å². The van der Waals surface area contributed by atoms with Crippen molar-refractivity contribution in [1.29, 1.82) is 0 Å². The maximum atomic E-state index is 13.2. The fourth-order valence-corrected chi connectivity index (χ4v) is 7.77. The van der Waals surface area contributed by atoms with Crippen molar-refractivity contribution in [2.24, 2.45) is 0 Å². The molecule has 0 unspecified atom stereocenters. The van der Waals surface area contributed by atoms with Gasteiger partial charge in [0.25, 0.3) is 5.91 Å². The maximum Gasteiger partial charge on any atom is 0.251 e. The minimum Gasteiger partial charge on any atom is -0.492 e. The summed E-state index contributed by atoms with van der Waals surface area (Å²) in [6.07, 6.45) is 3.57. The van der Waals surface area contributed by atoms with Gasteiger partial charge in [-0.1, -0.05) is 24.4 Å². The number of amides is 1. The number of rotatable bonds is 9. The van der Waals surface area contributed by atoms with Crippen LogP contribution < -0.4 is 10.1 Å². The molecule has 1 N–H and O–H groups in total. The predicted octanol–water partition coefficient (Wildman–Crippen LogP) is 2.73. The molecule has 0 atom stereocenters. The van der Waals surface area contributed by atoms with Gasteiger partial charge in [-0.3, -0.25) is 4.79 Å². The monoisotopic (exact) mass is 585 g/mol. The molecule has 38 heavy (non-hydrogen) atoms. The summed E-state index contributed by atoms with van der Waals surface area (Å²) in [6.45, 7) is 2.55. The van der Waals surface area contributed by atoms with Gasteiger partial charge in [-0.05, 0) is 55.3 Å². The van der Waals surface area contributed by atoms with Crippen molar-refractivity contribution in [2.75, 3.05) is 52.5 Å². The lowest BCUT2D eigenvalue weighted by molar-refractivity contribution is 0.0730. The third-order valence-electron chi connectivity index (χ3n) is 6.46. The van der Waals surface area contributed by atoms with Crippen molar-refractivity contribution in [3.63, 3.8) is 0 Å². The van der Waals surface area contributed by atoms with E-state index in [0.29, 0.717) is 45.1 Å². The van der Waals surface area contributed by atoms with E-state index in [1.807, 2.05) is 0 Å². The number of benzene rings is 2. The van der Waals surface area contributed by atoms with Gasteiger partial charge in [0.05, 0.1) is 29.7 Å².